The topological polar surface area (TPSA) is 26.3 Å². The van der Waals surface area contributed by atoms with Gasteiger partial charge < -0.3 is 4.74 Å². The van der Waals surface area contributed by atoms with Gasteiger partial charge >= 0.3 is 5.97 Å². The van der Waals surface area contributed by atoms with E-state index in [2.05, 4.69) is 29.8 Å². The van der Waals surface area contributed by atoms with Crippen LogP contribution < -0.4 is 0 Å². The van der Waals surface area contributed by atoms with Crippen LogP contribution in [-0.2, 0) is 9.53 Å². The van der Waals surface area contributed by atoms with Crippen molar-refractivity contribution in [3.8, 4) is 0 Å². The van der Waals surface area contributed by atoms with Gasteiger partial charge in [-0.05, 0) is 31.1 Å². The number of carbonyl (C=O) groups is 1. The van der Waals surface area contributed by atoms with Gasteiger partial charge in [0.25, 0.3) is 0 Å². The Morgan fingerprint density at radius 1 is 1.50 bits per heavy atom. The van der Waals surface area contributed by atoms with Crippen molar-refractivity contribution in [1.82, 2.24) is 0 Å². The molecule has 0 aromatic heterocycles. The van der Waals surface area contributed by atoms with E-state index in [0.29, 0.717) is 4.83 Å². The first-order chi connectivity index (χ1) is 7.44. The molecule has 0 bridgehead atoms. The number of ether oxygens (including phenoxy) is 1. The molecule has 1 aliphatic heterocycles. The minimum atomic E-state index is -0.193. The summed E-state index contributed by atoms with van der Waals surface area (Å²) in [6.45, 7) is 6.54. The van der Waals surface area contributed by atoms with E-state index in [9.17, 15) is 4.79 Å². The average molecular weight is 289 g/mol. The van der Waals surface area contributed by atoms with Crippen LogP contribution in [0.15, 0.2) is 0 Å². The van der Waals surface area contributed by atoms with Gasteiger partial charge in [-0.15, -0.1) is 0 Å². The lowest BCUT2D eigenvalue weighted by atomic mass is 9.73. The molecule has 2 fully saturated rings. The lowest BCUT2D eigenvalue weighted by Gasteiger charge is -2.41. The molecule has 1 heterocycles. The van der Waals surface area contributed by atoms with Crippen LogP contribution in [0.3, 0.4) is 0 Å². The van der Waals surface area contributed by atoms with Crippen molar-refractivity contribution >= 4 is 21.9 Å². The first-order valence-electron chi connectivity index (χ1n) is 6.31. The summed E-state index contributed by atoms with van der Waals surface area (Å²) in [6, 6.07) is 0. The number of halogens is 1. The Morgan fingerprint density at radius 3 is 2.62 bits per heavy atom. The van der Waals surface area contributed by atoms with Crippen LogP contribution in [-0.4, -0.2) is 16.4 Å². The molecular weight excluding hydrogens is 268 g/mol. The van der Waals surface area contributed by atoms with Crippen molar-refractivity contribution in [2.24, 2.45) is 17.8 Å². The fourth-order valence-corrected chi connectivity index (χ4v) is 4.07. The molecule has 0 unspecified atom stereocenters. The zero-order valence-electron chi connectivity index (χ0n) is 10.3. The van der Waals surface area contributed by atoms with E-state index in [4.69, 9.17) is 4.74 Å². The zero-order valence-corrected chi connectivity index (χ0v) is 11.9. The fourth-order valence-electron chi connectivity index (χ4n) is 3.08. The molecule has 2 aliphatic rings. The van der Waals surface area contributed by atoms with Gasteiger partial charge in [-0.2, -0.15) is 0 Å². The summed E-state index contributed by atoms with van der Waals surface area (Å²) < 4.78 is 5.66. The van der Waals surface area contributed by atoms with Crippen LogP contribution in [0.5, 0.6) is 0 Å². The van der Waals surface area contributed by atoms with Crippen molar-refractivity contribution in [2.45, 2.75) is 56.9 Å². The second kappa shape index (κ2) is 4.32. The number of alkyl halides is 1. The minimum absolute atomic E-state index is 0.00699. The summed E-state index contributed by atoms with van der Waals surface area (Å²) in [5, 5.41) is 0. The predicted octanol–water partition coefficient (Wildman–Crippen LogP) is 3.53. The Balaban J connectivity index is 2.07. The highest BCUT2D eigenvalue weighted by molar-refractivity contribution is 9.09. The molecule has 1 saturated carbocycles. The second-order valence-electron chi connectivity index (χ2n) is 5.84. The van der Waals surface area contributed by atoms with Gasteiger partial charge in [0.1, 0.15) is 5.60 Å². The van der Waals surface area contributed by atoms with Gasteiger partial charge in [-0.1, -0.05) is 36.7 Å². The molecule has 2 rings (SSSR count). The Hall–Kier alpha value is -0.0500. The van der Waals surface area contributed by atoms with E-state index in [0.717, 1.165) is 31.1 Å². The highest BCUT2D eigenvalue weighted by Crippen LogP contribution is 2.48. The third-order valence-electron chi connectivity index (χ3n) is 4.32. The molecule has 4 atom stereocenters. The summed E-state index contributed by atoms with van der Waals surface area (Å²) in [5.74, 6) is 1.57. The molecule has 1 saturated heterocycles. The predicted molar refractivity (Wildman–Crippen MR) is 67.5 cm³/mol. The fraction of sp³-hybridized carbons (Fsp3) is 0.923. The van der Waals surface area contributed by atoms with Crippen LogP contribution >= 0.6 is 15.9 Å². The summed E-state index contributed by atoms with van der Waals surface area (Å²) in [5.41, 5.74) is -0.193. The van der Waals surface area contributed by atoms with Crippen molar-refractivity contribution in [2.75, 3.05) is 0 Å². The largest absolute Gasteiger partial charge is 0.458 e. The number of rotatable bonds is 1. The van der Waals surface area contributed by atoms with Crippen LogP contribution in [0.1, 0.15) is 46.5 Å². The minimum Gasteiger partial charge on any atom is -0.458 e. The number of esters is 1. The summed E-state index contributed by atoms with van der Waals surface area (Å²) in [6.07, 6.45) is 4.26. The Labute approximate surface area is 106 Å². The lowest BCUT2D eigenvalue weighted by molar-refractivity contribution is -0.152. The molecule has 3 heteroatoms. The van der Waals surface area contributed by atoms with Gasteiger partial charge in [0.2, 0.25) is 0 Å². The first-order valence-corrected chi connectivity index (χ1v) is 7.23. The maximum Gasteiger partial charge on any atom is 0.309 e. The smallest absolute Gasteiger partial charge is 0.309 e. The van der Waals surface area contributed by atoms with Crippen molar-refractivity contribution < 1.29 is 9.53 Å². The van der Waals surface area contributed by atoms with E-state index < -0.39 is 0 Å². The first kappa shape index (κ1) is 12.4. The number of hydrogen-bond acceptors (Lipinski definition) is 2. The van der Waals surface area contributed by atoms with E-state index in [1.807, 2.05) is 6.92 Å². The Bertz CT molecular complexity index is 290. The molecular formula is C13H21BrO2. The van der Waals surface area contributed by atoms with Gasteiger partial charge in [-0.25, -0.2) is 0 Å². The molecule has 1 spiro atoms. The van der Waals surface area contributed by atoms with Crippen LogP contribution in [0.25, 0.3) is 0 Å². The summed E-state index contributed by atoms with van der Waals surface area (Å²) in [4.78, 5) is 11.9. The molecule has 0 amide bonds. The molecule has 0 N–H and O–H groups in total. The van der Waals surface area contributed by atoms with Crippen LogP contribution in [0.4, 0.5) is 0 Å². The quantitative estimate of drug-likeness (QED) is 0.545. The van der Waals surface area contributed by atoms with Crippen molar-refractivity contribution in [3.63, 3.8) is 0 Å². The second-order valence-corrected chi connectivity index (χ2v) is 6.94. The standard InChI is InChI=1S/C13H21BrO2/c1-8(2)10-4-5-13(11(14)6-10)7-9(3)12(15)16-13/h8-11H,4-7H2,1-3H3/t9-,10+,11-,13+/m1/s1. The molecule has 0 aromatic rings. The monoisotopic (exact) mass is 288 g/mol. The highest BCUT2D eigenvalue weighted by Gasteiger charge is 2.52. The average Bonchev–Trinajstić information content (AvgIpc) is 2.48. The summed E-state index contributed by atoms with van der Waals surface area (Å²) >= 11 is 3.76. The van der Waals surface area contributed by atoms with E-state index >= 15 is 0 Å². The summed E-state index contributed by atoms with van der Waals surface area (Å²) in [7, 11) is 0. The van der Waals surface area contributed by atoms with Crippen LogP contribution in [0, 0.1) is 17.8 Å². The Kier molecular flexibility index (Phi) is 3.35. The molecule has 92 valence electrons. The SMILES string of the molecule is CC(C)[C@H]1CC[C@]2(C[C@@H](C)C(=O)O2)[C@H](Br)C1. The lowest BCUT2D eigenvalue weighted by Crippen LogP contribution is -2.44. The van der Waals surface area contributed by atoms with Gasteiger partial charge in [0.05, 0.1) is 10.7 Å². The maximum atomic E-state index is 11.6. The Morgan fingerprint density at radius 2 is 2.19 bits per heavy atom. The molecule has 2 nitrogen and oxygen atoms in total. The zero-order chi connectivity index (χ0) is 11.9. The van der Waals surface area contributed by atoms with E-state index in [1.165, 1.54) is 6.42 Å². The van der Waals surface area contributed by atoms with E-state index in [-0.39, 0.29) is 17.5 Å². The molecule has 0 radical (unpaired) electrons. The number of carbonyl (C=O) groups excluding carboxylic acids is 1. The van der Waals surface area contributed by atoms with Gasteiger partial charge in [0, 0.05) is 6.42 Å². The third-order valence-corrected chi connectivity index (χ3v) is 5.53. The van der Waals surface area contributed by atoms with Crippen molar-refractivity contribution in [3.05, 3.63) is 0 Å². The van der Waals surface area contributed by atoms with Crippen molar-refractivity contribution in [1.29, 1.82) is 0 Å². The van der Waals surface area contributed by atoms with Gasteiger partial charge in [0.15, 0.2) is 0 Å². The molecule has 0 aromatic carbocycles. The maximum absolute atomic E-state index is 11.6. The normalized spacial score (nSPS) is 44.1. The number of hydrogen-bond donors (Lipinski definition) is 0. The highest BCUT2D eigenvalue weighted by atomic mass is 79.9. The molecule has 1 aliphatic carbocycles. The molecule has 16 heavy (non-hydrogen) atoms. The van der Waals surface area contributed by atoms with Crippen LogP contribution in [0.2, 0.25) is 0 Å². The van der Waals surface area contributed by atoms with Gasteiger partial charge in [-0.3, -0.25) is 4.79 Å². The van der Waals surface area contributed by atoms with E-state index in [1.54, 1.807) is 0 Å². The third kappa shape index (κ3) is 2.03.